The summed E-state index contributed by atoms with van der Waals surface area (Å²) in [7, 11) is 1.54. The van der Waals surface area contributed by atoms with E-state index < -0.39 is 11.2 Å². The van der Waals surface area contributed by atoms with Crippen LogP contribution in [0.1, 0.15) is 12.0 Å². The molecule has 130 valence electrons. The Morgan fingerprint density at radius 1 is 1.28 bits per heavy atom. The first-order valence-corrected chi connectivity index (χ1v) is 8.87. The van der Waals surface area contributed by atoms with E-state index in [4.69, 9.17) is 21.1 Å². The lowest BCUT2D eigenvalue weighted by Crippen LogP contribution is -2.31. The normalized spacial score (nSPS) is 15.9. The SMILES string of the molecule is COc1ccc(Cl)cc1COC(=O)C[C@H]1Sc2ccccc2NC1=O. The molecule has 1 aliphatic rings. The maximum absolute atomic E-state index is 12.1. The van der Waals surface area contributed by atoms with Crippen molar-refractivity contribution >= 4 is 40.9 Å². The van der Waals surface area contributed by atoms with Crippen molar-refractivity contribution in [3.05, 3.63) is 53.1 Å². The number of esters is 1. The van der Waals surface area contributed by atoms with Crippen molar-refractivity contribution in [1.29, 1.82) is 0 Å². The van der Waals surface area contributed by atoms with Crippen molar-refractivity contribution in [3.8, 4) is 5.75 Å². The molecule has 5 nitrogen and oxygen atoms in total. The summed E-state index contributed by atoms with van der Waals surface area (Å²) in [5.74, 6) is -0.0500. The number of hydrogen-bond donors (Lipinski definition) is 1. The fraction of sp³-hybridized carbons (Fsp3) is 0.222. The molecule has 2 aromatic rings. The van der Waals surface area contributed by atoms with E-state index in [0.29, 0.717) is 16.3 Å². The zero-order valence-electron chi connectivity index (χ0n) is 13.5. The van der Waals surface area contributed by atoms with E-state index in [1.807, 2.05) is 24.3 Å². The smallest absolute Gasteiger partial charge is 0.307 e. The van der Waals surface area contributed by atoms with Crippen molar-refractivity contribution in [3.63, 3.8) is 0 Å². The molecule has 2 aromatic carbocycles. The van der Waals surface area contributed by atoms with Crippen LogP contribution in [0.2, 0.25) is 5.02 Å². The van der Waals surface area contributed by atoms with Crippen LogP contribution in [0.5, 0.6) is 5.75 Å². The molecule has 1 N–H and O–H groups in total. The molecule has 0 aromatic heterocycles. The lowest BCUT2D eigenvalue weighted by molar-refractivity contribution is -0.145. The van der Waals surface area contributed by atoms with Gasteiger partial charge in [-0.25, -0.2) is 0 Å². The van der Waals surface area contributed by atoms with E-state index in [1.165, 1.54) is 18.9 Å². The highest BCUT2D eigenvalue weighted by atomic mass is 35.5. The number of hydrogen-bond acceptors (Lipinski definition) is 5. The predicted octanol–water partition coefficient (Wildman–Crippen LogP) is 3.89. The van der Waals surface area contributed by atoms with Crippen LogP contribution in [-0.2, 0) is 20.9 Å². The summed E-state index contributed by atoms with van der Waals surface area (Å²) in [5, 5.41) is 2.83. The van der Waals surface area contributed by atoms with Crippen LogP contribution in [0, 0.1) is 0 Å². The number of benzene rings is 2. The number of rotatable bonds is 5. The molecule has 0 radical (unpaired) electrons. The summed E-state index contributed by atoms with van der Waals surface area (Å²) in [4.78, 5) is 25.2. The Hall–Kier alpha value is -2.18. The maximum atomic E-state index is 12.1. The van der Waals surface area contributed by atoms with Gasteiger partial charge >= 0.3 is 5.97 Å². The quantitative estimate of drug-likeness (QED) is 0.801. The number of anilines is 1. The summed E-state index contributed by atoms with van der Waals surface area (Å²) in [6.45, 7) is 0.0398. The molecule has 0 aliphatic carbocycles. The number of thioether (sulfide) groups is 1. The number of halogens is 1. The Kier molecular flexibility index (Phi) is 5.50. The third kappa shape index (κ3) is 4.27. The number of fused-ring (bicyclic) bond motifs is 1. The van der Waals surface area contributed by atoms with Gasteiger partial charge in [0.15, 0.2) is 0 Å². The molecule has 0 saturated heterocycles. The van der Waals surface area contributed by atoms with Crippen molar-refractivity contribution in [2.45, 2.75) is 23.2 Å². The molecule has 1 aliphatic heterocycles. The van der Waals surface area contributed by atoms with Gasteiger partial charge in [0.05, 0.1) is 24.5 Å². The summed E-state index contributed by atoms with van der Waals surface area (Å²) in [5.41, 5.74) is 1.44. The number of para-hydroxylation sites is 1. The number of carbonyl (C=O) groups is 2. The van der Waals surface area contributed by atoms with E-state index >= 15 is 0 Å². The molecule has 0 bridgehead atoms. The molecule has 1 heterocycles. The summed E-state index contributed by atoms with van der Waals surface area (Å²) < 4.78 is 10.5. The average Bonchev–Trinajstić information content (AvgIpc) is 2.60. The van der Waals surface area contributed by atoms with Gasteiger partial charge in [0.25, 0.3) is 0 Å². The van der Waals surface area contributed by atoms with E-state index in [9.17, 15) is 9.59 Å². The molecule has 7 heteroatoms. The number of amides is 1. The molecule has 1 atom stereocenters. The van der Waals surface area contributed by atoms with Gasteiger partial charge in [-0.15, -0.1) is 11.8 Å². The van der Waals surface area contributed by atoms with Crippen LogP contribution < -0.4 is 10.1 Å². The lowest BCUT2D eigenvalue weighted by atomic mass is 10.2. The van der Waals surface area contributed by atoms with Crippen LogP contribution in [-0.4, -0.2) is 24.2 Å². The molecule has 25 heavy (non-hydrogen) atoms. The van der Waals surface area contributed by atoms with Crippen LogP contribution in [0.15, 0.2) is 47.4 Å². The Morgan fingerprint density at radius 3 is 2.88 bits per heavy atom. The third-order valence-corrected chi connectivity index (χ3v) is 5.20. The largest absolute Gasteiger partial charge is 0.496 e. The molecular weight excluding hydrogens is 362 g/mol. The van der Waals surface area contributed by atoms with Crippen molar-refractivity contribution in [2.75, 3.05) is 12.4 Å². The molecule has 0 unspecified atom stereocenters. The van der Waals surface area contributed by atoms with E-state index in [2.05, 4.69) is 5.32 Å². The van der Waals surface area contributed by atoms with Crippen molar-refractivity contribution in [1.82, 2.24) is 0 Å². The molecular formula is C18H16ClNO4S. The Balaban J connectivity index is 1.60. The minimum Gasteiger partial charge on any atom is -0.496 e. The molecule has 0 saturated carbocycles. The summed E-state index contributed by atoms with van der Waals surface area (Å²) in [6, 6.07) is 12.6. The average molecular weight is 378 g/mol. The predicted molar refractivity (Wildman–Crippen MR) is 97.1 cm³/mol. The van der Waals surface area contributed by atoms with Crippen molar-refractivity contribution in [2.24, 2.45) is 0 Å². The highest BCUT2D eigenvalue weighted by Gasteiger charge is 2.29. The van der Waals surface area contributed by atoms with Gasteiger partial charge in [-0.05, 0) is 30.3 Å². The second kappa shape index (κ2) is 7.80. The standard InChI is InChI=1S/C18H16ClNO4S/c1-23-14-7-6-12(19)8-11(14)10-24-17(21)9-16-18(22)20-13-4-2-3-5-15(13)25-16/h2-8,16H,9-10H2,1H3,(H,20,22)/t16-/m1/s1. The van der Waals surface area contributed by atoms with Crippen LogP contribution in [0.3, 0.4) is 0 Å². The zero-order chi connectivity index (χ0) is 17.8. The Bertz CT molecular complexity index is 811. The molecule has 0 spiro atoms. The first kappa shape index (κ1) is 17.6. The first-order valence-electron chi connectivity index (χ1n) is 7.61. The topological polar surface area (TPSA) is 64.6 Å². The van der Waals surface area contributed by atoms with Crippen molar-refractivity contribution < 1.29 is 19.1 Å². The van der Waals surface area contributed by atoms with Gasteiger partial charge in [-0.2, -0.15) is 0 Å². The van der Waals surface area contributed by atoms with Gasteiger partial charge < -0.3 is 14.8 Å². The van der Waals surface area contributed by atoms with Gasteiger partial charge in [-0.1, -0.05) is 23.7 Å². The van der Waals surface area contributed by atoms with Gasteiger partial charge in [0, 0.05) is 15.5 Å². The van der Waals surface area contributed by atoms with Gasteiger partial charge in [-0.3, -0.25) is 9.59 Å². The highest BCUT2D eigenvalue weighted by molar-refractivity contribution is 8.01. The third-order valence-electron chi connectivity index (χ3n) is 3.69. The van der Waals surface area contributed by atoms with E-state index in [1.54, 1.807) is 18.2 Å². The van der Waals surface area contributed by atoms with Crippen LogP contribution in [0.4, 0.5) is 5.69 Å². The maximum Gasteiger partial charge on any atom is 0.307 e. The van der Waals surface area contributed by atoms with Gasteiger partial charge in [0.1, 0.15) is 12.4 Å². The summed E-state index contributed by atoms with van der Waals surface area (Å²) >= 11 is 7.33. The lowest BCUT2D eigenvalue weighted by Gasteiger charge is -2.23. The van der Waals surface area contributed by atoms with Gasteiger partial charge in [0.2, 0.25) is 5.91 Å². The monoisotopic (exact) mass is 377 g/mol. The zero-order valence-corrected chi connectivity index (χ0v) is 15.0. The number of methoxy groups -OCH3 is 1. The minimum atomic E-state index is -0.511. The second-order valence-electron chi connectivity index (χ2n) is 5.41. The molecule has 1 amide bonds. The number of nitrogens with one attached hydrogen (secondary N) is 1. The number of carbonyl (C=O) groups excluding carboxylic acids is 2. The Morgan fingerprint density at radius 2 is 2.08 bits per heavy atom. The van der Waals surface area contributed by atoms with E-state index in [0.717, 1.165) is 10.6 Å². The minimum absolute atomic E-state index is 0.00623. The van der Waals surface area contributed by atoms with Crippen LogP contribution in [0.25, 0.3) is 0 Å². The second-order valence-corrected chi connectivity index (χ2v) is 7.09. The van der Waals surface area contributed by atoms with Crippen LogP contribution >= 0.6 is 23.4 Å². The fourth-order valence-electron chi connectivity index (χ4n) is 2.46. The summed E-state index contributed by atoms with van der Waals surface area (Å²) in [6.07, 6.45) is -0.00623. The Labute approximate surface area is 154 Å². The molecule has 3 rings (SSSR count). The highest BCUT2D eigenvalue weighted by Crippen LogP contribution is 2.36. The van der Waals surface area contributed by atoms with E-state index in [-0.39, 0.29) is 18.9 Å². The molecule has 0 fully saturated rings. The number of ether oxygens (including phenoxy) is 2. The first-order chi connectivity index (χ1) is 12.1. The fourth-order valence-corrected chi connectivity index (χ4v) is 3.75.